The van der Waals surface area contributed by atoms with Gasteiger partial charge in [-0.2, -0.15) is 0 Å². The van der Waals surface area contributed by atoms with E-state index < -0.39 is 12.0 Å². The third kappa shape index (κ3) is 2.47. The molecule has 2 aromatic carbocycles. The molecule has 0 radical (unpaired) electrons. The first kappa shape index (κ1) is 17.9. The third-order valence-corrected chi connectivity index (χ3v) is 6.65. The number of imide groups is 1. The van der Waals surface area contributed by atoms with Crippen LogP contribution in [0, 0.1) is 19.8 Å². The summed E-state index contributed by atoms with van der Waals surface area (Å²) >= 11 is 6.27. The molecule has 0 spiro atoms. The molecule has 3 atom stereocenters. The molecule has 3 fully saturated rings. The minimum absolute atomic E-state index is 0.101. The van der Waals surface area contributed by atoms with Crippen molar-refractivity contribution in [2.24, 2.45) is 5.92 Å². The number of amides is 2. The van der Waals surface area contributed by atoms with Gasteiger partial charge in [0.1, 0.15) is 6.04 Å². The second-order valence-electron chi connectivity index (χ2n) is 7.95. The van der Waals surface area contributed by atoms with Crippen LogP contribution in [0.2, 0.25) is 5.02 Å². The Balaban J connectivity index is 1.58. The first-order valence-electron chi connectivity index (χ1n) is 9.71. The number of carbonyl (C=O) groups is 2. The number of nitrogens with zero attached hydrogens (tertiary/aromatic N) is 3. The second-order valence-corrected chi connectivity index (χ2v) is 8.36. The third-order valence-electron chi connectivity index (χ3n) is 6.24. The van der Waals surface area contributed by atoms with Crippen molar-refractivity contribution in [2.75, 3.05) is 18.0 Å². The number of fused-ring (bicyclic) bond motifs is 3. The normalized spacial score (nSPS) is 27.5. The molecular formula is C22H22ClN3O2. The van der Waals surface area contributed by atoms with Gasteiger partial charge < -0.3 is 0 Å². The molecule has 3 saturated heterocycles. The van der Waals surface area contributed by atoms with Gasteiger partial charge in [-0.25, -0.2) is 14.9 Å². The predicted octanol–water partition coefficient (Wildman–Crippen LogP) is 3.49. The van der Waals surface area contributed by atoms with Crippen LogP contribution < -0.4 is 4.90 Å². The summed E-state index contributed by atoms with van der Waals surface area (Å²) in [6.07, 6.45) is 1.00. The van der Waals surface area contributed by atoms with Crippen molar-refractivity contribution in [3.63, 3.8) is 0 Å². The molecule has 0 bridgehead atoms. The molecule has 3 aliphatic rings. The lowest BCUT2D eigenvalue weighted by molar-refractivity contribution is -0.126. The maximum absolute atomic E-state index is 13.5. The van der Waals surface area contributed by atoms with Gasteiger partial charge in [0.25, 0.3) is 5.91 Å². The van der Waals surface area contributed by atoms with Crippen molar-refractivity contribution < 1.29 is 9.59 Å². The summed E-state index contributed by atoms with van der Waals surface area (Å²) < 4.78 is 0. The van der Waals surface area contributed by atoms with Crippen LogP contribution in [-0.4, -0.2) is 41.0 Å². The van der Waals surface area contributed by atoms with Crippen LogP contribution in [0.25, 0.3) is 0 Å². The molecule has 3 heterocycles. The minimum Gasteiger partial charge on any atom is -0.274 e. The zero-order valence-corrected chi connectivity index (χ0v) is 16.7. The first-order valence-corrected chi connectivity index (χ1v) is 10.1. The monoisotopic (exact) mass is 395 g/mol. The van der Waals surface area contributed by atoms with Gasteiger partial charge in [0.05, 0.1) is 17.6 Å². The molecule has 5 rings (SSSR count). The quantitative estimate of drug-likeness (QED) is 0.730. The molecule has 5 nitrogen and oxygen atoms in total. The van der Waals surface area contributed by atoms with Crippen molar-refractivity contribution in [3.8, 4) is 0 Å². The molecule has 3 aliphatic heterocycles. The number of carbonyl (C=O) groups excluding carboxylic acids is 2. The number of hydrazine groups is 1. The fourth-order valence-corrected chi connectivity index (χ4v) is 5.03. The van der Waals surface area contributed by atoms with E-state index in [1.165, 1.54) is 10.5 Å². The average molecular weight is 396 g/mol. The fourth-order valence-electron chi connectivity index (χ4n) is 4.85. The summed E-state index contributed by atoms with van der Waals surface area (Å²) in [5.74, 6) is -0.665. The molecule has 28 heavy (non-hydrogen) atoms. The van der Waals surface area contributed by atoms with Crippen LogP contribution >= 0.6 is 11.6 Å². The predicted molar refractivity (Wildman–Crippen MR) is 108 cm³/mol. The standard InChI is InChI=1S/C22H22ClN3O2/c1-13-4-7-15(8-5-13)19-18-20(25-11-3-10-24(19)25)22(28)26(21(18)27)16-9-6-14(2)17(23)12-16/h4-9,12,18-20H,3,10-11H2,1-2H3. The average Bonchev–Trinajstić information content (AvgIpc) is 3.31. The van der Waals surface area contributed by atoms with Gasteiger partial charge in [0.15, 0.2) is 0 Å². The smallest absolute Gasteiger partial charge is 0.253 e. The summed E-state index contributed by atoms with van der Waals surface area (Å²) in [5.41, 5.74) is 3.76. The van der Waals surface area contributed by atoms with E-state index in [4.69, 9.17) is 11.6 Å². The molecule has 3 unspecified atom stereocenters. The molecule has 0 N–H and O–H groups in total. The number of rotatable bonds is 2. The largest absolute Gasteiger partial charge is 0.274 e. The zero-order chi connectivity index (χ0) is 19.6. The molecule has 2 amide bonds. The summed E-state index contributed by atoms with van der Waals surface area (Å²) in [5, 5.41) is 4.91. The topological polar surface area (TPSA) is 43.9 Å². The highest BCUT2D eigenvalue weighted by atomic mass is 35.5. The maximum atomic E-state index is 13.5. The Morgan fingerprint density at radius 2 is 1.57 bits per heavy atom. The van der Waals surface area contributed by atoms with Crippen molar-refractivity contribution in [1.82, 2.24) is 10.0 Å². The number of halogens is 1. The second kappa shape index (κ2) is 6.41. The number of anilines is 1. The van der Waals surface area contributed by atoms with Gasteiger partial charge in [-0.3, -0.25) is 9.59 Å². The molecular weight excluding hydrogens is 374 g/mol. The van der Waals surface area contributed by atoms with Gasteiger partial charge >= 0.3 is 0 Å². The molecule has 6 heteroatoms. The molecule has 2 aromatic rings. The van der Waals surface area contributed by atoms with E-state index in [9.17, 15) is 9.59 Å². The number of benzene rings is 2. The lowest BCUT2D eigenvalue weighted by atomic mass is 9.89. The van der Waals surface area contributed by atoms with E-state index in [2.05, 4.69) is 41.2 Å². The SMILES string of the molecule is Cc1ccc(C2C3C(=O)N(c4ccc(C)c(Cl)c4)C(=O)C3N3CCCN23)cc1. The van der Waals surface area contributed by atoms with Gasteiger partial charge in [-0.1, -0.05) is 47.5 Å². The molecule has 0 aliphatic carbocycles. The highest BCUT2D eigenvalue weighted by Crippen LogP contribution is 2.49. The Morgan fingerprint density at radius 1 is 0.893 bits per heavy atom. The highest BCUT2D eigenvalue weighted by Gasteiger charge is 2.62. The van der Waals surface area contributed by atoms with Gasteiger partial charge in [-0.15, -0.1) is 0 Å². The number of hydrogen-bond donors (Lipinski definition) is 0. The van der Waals surface area contributed by atoms with Crippen LogP contribution in [0.1, 0.15) is 29.2 Å². The summed E-state index contributed by atoms with van der Waals surface area (Å²) in [7, 11) is 0. The van der Waals surface area contributed by atoms with Crippen LogP contribution in [-0.2, 0) is 9.59 Å². The maximum Gasteiger partial charge on any atom is 0.253 e. The number of aryl methyl sites for hydroxylation is 2. The Hall–Kier alpha value is -2.21. The summed E-state index contributed by atoms with van der Waals surface area (Å²) in [6.45, 7) is 5.65. The van der Waals surface area contributed by atoms with Crippen molar-refractivity contribution in [1.29, 1.82) is 0 Å². The van der Waals surface area contributed by atoms with Gasteiger partial charge in [0, 0.05) is 18.1 Å². The highest BCUT2D eigenvalue weighted by molar-refractivity contribution is 6.32. The van der Waals surface area contributed by atoms with E-state index in [0.717, 1.165) is 30.6 Å². The lowest BCUT2D eigenvalue weighted by Gasteiger charge is -2.30. The minimum atomic E-state index is -0.429. The van der Waals surface area contributed by atoms with Crippen LogP contribution in [0.15, 0.2) is 42.5 Å². The number of hydrogen-bond acceptors (Lipinski definition) is 4. The van der Waals surface area contributed by atoms with E-state index in [-0.39, 0.29) is 17.9 Å². The Bertz CT molecular complexity index is 974. The molecule has 0 saturated carbocycles. The Morgan fingerprint density at radius 3 is 2.25 bits per heavy atom. The van der Waals surface area contributed by atoms with E-state index in [0.29, 0.717) is 10.7 Å². The lowest BCUT2D eigenvalue weighted by Crippen LogP contribution is -2.44. The molecule has 0 aromatic heterocycles. The van der Waals surface area contributed by atoms with Crippen molar-refractivity contribution in [3.05, 3.63) is 64.2 Å². The fraction of sp³-hybridized carbons (Fsp3) is 0.364. The van der Waals surface area contributed by atoms with Gasteiger partial charge in [-0.05, 0) is 43.5 Å². The van der Waals surface area contributed by atoms with Crippen molar-refractivity contribution >= 4 is 29.1 Å². The van der Waals surface area contributed by atoms with E-state index in [1.54, 1.807) is 12.1 Å². The molecule has 144 valence electrons. The van der Waals surface area contributed by atoms with E-state index >= 15 is 0 Å². The van der Waals surface area contributed by atoms with Crippen LogP contribution in [0.4, 0.5) is 5.69 Å². The van der Waals surface area contributed by atoms with E-state index in [1.807, 2.05) is 13.0 Å². The Kier molecular flexibility index (Phi) is 4.09. The van der Waals surface area contributed by atoms with Crippen molar-refractivity contribution in [2.45, 2.75) is 32.4 Å². The van der Waals surface area contributed by atoms with Gasteiger partial charge in [0.2, 0.25) is 5.91 Å². The Labute approximate surface area is 169 Å². The van der Waals surface area contributed by atoms with Crippen LogP contribution in [0.5, 0.6) is 0 Å². The summed E-state index contributed by atoms with van der Waals surface area (Å²) in [6, 6.07) is 13.2. The van der Waals surface area contributed by atoms with Crippen LogP contribution in [0.3, 0.4) is 0 Å². The zero-order valence-electron chi connectivity index (χ0n) is 15.9. The summed E-state index contributed by atoms with van der Waals surface area (Å²) in [4.78, 5) is 28.2. The first-order chi connectivity index (χ1) is 13.5.